The van der Waals surface area contributed by atoms with Crippen LogP contribution in [0.1, 0.15) is 25.7 Å². The van der Waals surface area contributed by atoms with E-state index >= 15 is 0 Å². The van der Waals surface area contributed by atoms with Crippen LogP contribution in [0.25, 0.3) is 0 Å². The number of nitrogens with one attached hydrogen (secondary N) is 2. The van der Waals surface area contributed by atoms with Crippen molar-refractivity contribution in [1.82, 2.24) is 9.88 Å². The van der Waals surface area contributed by atoms with Gasteiger partial charge in [-0.15, -0.1) is 0 Å². The zero-order valence-electron chi connectivity index (χ0n) is 11.8. The number of aryl methyl sites for hydroxylation is 1. The number of rotatable bonds is 2. The van der Waals surface area contributed by atoms with E-state index in [2.05, 4.69) is 10.6 Å². The third-order valence-electron chi connectivity index (χ3n) is 4.83. The van der Waals surface area contributed by atoms with E-state index in [-0.39, 0.29) is 16.9 Å². The van der Waals surface area contributed by atoms with Crippen molar-refractivity contribution in [2.75, 3.05) is 18.4 Å². The number of fused-ring (bicyclic) bond motifs is 1. The minimum atomic E-state index is -0.257. The van der Waals surface area contributed by atoms with Gasteiger partial charge in [-0.05, 0) is 31.4 Å². The smallest absolute Gasteiger partial charge is 0.250 e. The summed E-state index contributed by atoms with van der Waals surface area (Å²) >= 11 is 0. The summed E-state index contributed by atoms with van der Waals surface area (Å²) in [5, 5.41) is 6.38. The molecule has 0 radical (unpaired) electrons. The first-order valence-corrected chi connectivity index (χ1v) is 7.31. The van der Waals surface area contributed by atoms with E-state index in [9.17, 15) is 9.59 Å². The number of carbonyl (C=O) groups is 1. The Kier molecular flexibility index (Phi) is 3.38. The summed E-state index contributed by atoms with van der Waals surface area (Å²) in [5.41, 5.74) is 0.370. The van der Waals surface area contributed by atoms with Gasteiger partial charge in [0.15, 0.2) is 0 Å². The largest absolute Gasteiger partial charge is 0.324 e. The molecular formula is C15H21N3O2. The molecule has 2 fully saturated rings. The summed E-state index contributed by atoms with van der Waals surface area (Å²) in [4.78, 5) is 24.1. The van der Waals surface area contributed by atoms with E-state index in [1.165, 1.54) is 17.1 Å². The summed E-state index contributed by atoms with van der Waals surface area (Å²) in [7, 11) is 1.69. The number of anilines is 1. The molecule has 108 valence electrons. The van der Waals surface area contributed by atoms with Gasteiger partial charge in [0, 0.05) is 25.9 Å². The minimum Gasteiger partial charge on any atom is -0.324 e. The van der Waals surface area contributed by atoms with Crippen LogP contribution in [0.3, 0.4) is 0 Å². The van der Waals surface area contributed by atoms with Crippen LogP contribution in [-0.4, -0.2) is 23.6 Å². The van der Waals surface area contributed by atoms with Crippen LogP contribution in [0.2, 0.25) is 0 Å². The maximum absolute atomic E-state index is 12.7. The molecule has 2 aliphatic rings. The Bertz CT molecular complexity index is 581. The fourth-order valence-electron chi connectivity index (χ4n) is 3.61. The third-order valence-corrected chi connectivity index (χ3v) is 4.83. The van der Waals surface area contributed by atoms with Crippen molar-refractivity contribution < 1.29 is 4.79 Å². The van der Waals surface area contributed by atoms with Crippen molar-refractivity contribution >= 4 is 11.6 Å². The number of hydrogen-bond donors (Lipinski definition) is 2. The number of nitrogens with zero attached hydrogens (tertiary/aromatic N) is 1. The molecule has 1 aliphatic heterocycles. The first-order valence-electron chi connectivity index (χ1n) is 7.31. The highest BCUT2D eigenvalue weighted by atomic mass is 16.2. The molecule has 1 saturated heterocycles. The maximum Gasteiger partial charge on any atom is 0.250 e. The molecule has 1 aromatic rings. The van der Waals surface area contributed by atoms with Gasteiger partial charge < -0.3 is 15.2 Å². The zero-order valence-corrected chi connectivity index (χ0v) is 11.8. The fourth-order valence-corrected chi connectivity index (χ4v) is 3.61. The lowest BCUT2D eigenvalue weighted by Crippen LogP contribution is -2.44. The number of pyridine rings is 1. The average molecular weight is 275 g/mol. The van der Waals surface area contributed by atoms with E-state index in [0.717, 1.165) is 32.4 Å². The van der Waals surface area contributed by atoms with Crippen molar-refractivity contribution in [1.29, 1.82) is 0 Å². The molecule has 0 spiro atoms. The maximum atomic E-state index is 12.7. The second kappa shape index (κ2) is 5.05. The predicted octanol–water partition coefficient (Wildman–Crippen LogP) is 1.10. The number of amides is 1. The van der Waals surface area contributed by atoms with Crippen molar-refractivity contribution in [2.24, 2.45) is 18.4 Å². The lowest BCUT2D eigenvalue weighted by molar-refractivity contribution is -0.128. The number of hydrogen-bond acceptors (Lipinski definition) is 3. The molecule has 0 aromatic carbocycles. The Morgan fingerprint density at radius 2 is 2.30 bits per heavy atom. The first kappa shape index (κ1) is 13.4. The monoisotopic (exact) mass is 275 g/mol. The molecule has 2 atom stereocenters. The first-order chi connectivity index (χ1) is 9.62. The van der Waals surface area contributed by atoms with Gasteiger partial charge in [0.2, 0.25) is 11.5 Å². The average Bonchev–Trinajstić information content (AvgIpc) is 2.88. The van der Waals surface area contributed by atoms with Gasteiger partial charge in [0.05, 0.1) is 11.1 Å². The molecule has 0 unspecified atom stereocenters. The lowest BCUT2D eigenvalue weighted by Gasteiger charge is -2.37. The topological polar surface area (TPSA) is 63.1 Å². The van der Waals surface area contributed by atoms with Gasteiger partial charge in [-0.25, -0.2) is 0 Å². The fraction of sp³-hybridized carbons (Fsp3) is 0.600. The summed E-state index contributed by atoms with van der Waals surface area (Å²) in [6.07, 6.45) is 6.12. The van der Waals surface area contributed by atoms with Crippen molar-refractivity contribution in [3.05, 3.63) is 28.7 Å². The van der Waals surface area contributed by atoms with Crippen molar-refractivity contribution in [2.45, 2.75) is 25.7 Å². The Morgan fingerprint density at radius 3 is 3.10 bits per heavy atom. The standard InChI is InChI=1S/C15H21N3O2/c1-18-9-12(5-6-13(18)19)17-14(20)15-7-3-2-4-11(15)8-16-10-15/h5-6,9,11,16H,2-4,7-8,10H2,1H3,(H,17,20)/t11-,15+/m0/s1. The Labute approximate surface area is 118 Å². The Hall–Kier alpha value is -1.62. The molecule has 1 amide bonds. The molecule has 1 saturated carbocycles. The van der Waals surface area contributed by atoms with Gasteiger partial charge in [-0.3, -0.25) is 9.59 Å². The van der Waals surface area contributed by atoms with Gasteiger partial charge in [-0.2, -0.15) is 0 Å². The van der Waals surface area contributed by atoms with Crippen LogP contribution in [0.4, 0.5) is 5.69 Å². The lowest BCUT2D eigenvalue weighted by atomic mass is 9.67. The van der Waals surface area contributed by atoms with Crippen LogP contribution in [0.15, 0.2) is 23.1 Å². The molecule has 1 aromatic heterocycles. The molecule has 0 bridgehead atoms. The Morgan fingerprint density at radius 1 is 1.45 bits per heavy atom. The highest BCUT2D eigenvalue weighted by Crippen LogP contribution is 2.44. The summed E-state index contributed by atoms with van der Waals surface area (Å²) in [5.74, 6) is 0.551. The SMILES string of the molecule is Cn1cc(NC(=O)[C@@]23CCCC[C@H]2CNC3)ccc1=O. The molecule has 2 N–H and O–H groups in total. The van der Waals surface area contributed by atoms with Crippen LogP contribution in [0.5, 0.6) is 0 Å². The Balaban J connectivity index is 1.81. The van der Waals surface area contributed by atoms with Crippen LogP contribution in [0, 0.1) is 11.3 Å². The third kappa shape index (κ3) is 2.16. The van der Waals surface area contributed by atoms with Gasteiger partial charge in [-0.1, -0.05) is 12.8 Å². The molecule has 3 rings (SSSR count). The van der Waals surface area contributed by atoms with E-state index < -0.39 is 0 Å². The molecule has 5 nitrogen and oxygen atoms in total. The molecule has 20 heavy (non-hydrogen) atoms. The normalized spacial score (nSPS) is 28.9. The summed E-state index contributed by atoms with van der Waals surface area (Å²) < 4.78 is 1.48. The van der Waals surface area contributed by atoms with Crippen molar-refractivity contribution in [3.63, 3.8) is 0 Å². The molecule has 2 heterocycles. The molecule has 1 aliphatic carbocycles. The van der Waals surface area contributed by atoms with Crippen molar-refractivity contribution in [3.8, 4) is 0 Å². The van der Waals surface area contributed by atoms with Crippen LogP contribution >= 0.6 is 0 Å². The minimum absolute atomic E-state index is 0.0701. The highest BCUT2D eigenvalue weighted by Gasteiger charge is 2.49. The summed E-state index contributed by atoms with van der Waals surface area (Å²) in [6.45, 7) is 1.72. The van der Waals surface area contributed by atoms with E-state index in [1.807, 2.05) is 0 Å². The van der Waals surface area contributed by atoms with Gasteiger partial charge in [0.25, 0.3) is 0 Å². The van der Waals surface area contributed by atoms with E-state index in [4.69, 9.17) is 0 Å². The van der Waals surface area contributed by atoms with Gasteiger partial charge >= 0.3 is 0 Å². The van der Waals surface area contributed by atoms with Crippen LogP contribution in [-0.2, 0) is 11.8 Å². The van der Waals surface area contributed by atoms with E-state index in [1.54, 1.807) is 19.3 Å². The highest BCUT2D eigenvalue weighted by molar-refractivity contribution is 5.96. The molecular weight excluding hydrogens is 254 g/mol. The van der Waals surface area contributed by atoms with Gasteiger partial charge in [0.1, 0.15) is 0 Å². The summed E-state index contributed by atoms with van der Waals surface area (Å²) in [6, 6.07) is 3.16. The molecule has 5 heteroatoms. The van der Waals surface area contributed by atoms with Crippen LogP contribution < -0.4 is 16.2 Å². The quantitative estimate of drug-likeness (QED) is 0.849. The second-order valence-corrected chi connectivity index (χ2v) is 6.05. The second-order valence-electron chi connectivity index (χ2n) is 6.05. The van der Waals surface area contributed by atoms with E-state index in [0.29, 0.717) is 11.6 Å². The number of carbonyl (C=O) groups excluding carboxylic acids is 1. The zero-order chi connectivity index (χ0) is 14.2. The number of aromatic nitrogens is 1. The predicted molar refractivity (Wildman–Crippen MR) is 77.6 cm³/mol.